The smallest absolute Gasteiger partial charge is 0.140 e. The third-order valence-corrected chi connectivity index (χ3v) is 6.15. The van der Waals surface area contributed by atoms with E-state index >= 15 is 0 Å². The number of rotatable bonds is 3. The van der Waals surface area contributed by atoms with E-state index in [9.17, 15) is 4.39 Å². The first-order valence-corrected chi connectivity index (χ1v) is 8.81. The summed E-state index contributed by atoms with van der Waals surface area (Å²) in [5, 5.41) is 0. The van der Waals surface area contributed by atoms with Crippen LogP contribution < -0.4 is 0 Å². The van der Waals surface area contributed by atoms with Gasteiger partial charge in [-0.05, 0) is 92.8 Å². The van der Waals surface area contributed by atoms with Gasteiger partial charge in [-0.25, -0.2) is 4.39 Å². The Labute approximate surface area is 135 Å². The predicted octanol–water partition coefficient (Wildman–Crippen LogP) is 4.58. The summed E-state index contributed by atoms with van der Waals surface area (Å²) in [7, 11) is 0. The lowest BCUT2D eigenvalue weighted by Crippen LogP contribution is -2.41. The van der Waals surface area contributed by atoms with E-state index in [0.29, 0.717) is 12.0 Å². The van der Waals surface area contributed by atoms with Crippen LogP contribution >= 0.6 is 22.6 Å². The fraction of sp³-hybridized carbons (Fsp3) is 0.647. The molecule has 2 aliphatic rings. The molecule has 1 aromatic carbocycles. The van der Waals surface area contributed by atoms with Gasteiger partial charge < -0.3 is 4.90 Å². The maximum atomic E-state index is 14.5. The van der Waals surface area contributed by atoms with E-state index in [1.54, 1.807) is 0 Å². The number of piperidine rings is 1. The zero-order valence-corrected chi connectivity index (χ0v) is 14.5. The van der Waals surface area contributed by atoms with E-state index in [1.165, 1.54) is 38.8 Å². The molecule has 1 heterocycles. The highest BCUT2D eigenvalue weighted by Gasteiger charge is 2.52. The first-order valence-electron chi connectivity index (χ1n) is 7.73. The lowest BCUT2D eigenvalue weighted by Gasteiger charge is -2.38. The van der Waals surface area contributed by atoms with Gasteiger partial charge in [0.1, 0.15) is 5.82 Å². The fourth-order valence-electron chi connectivity index (χ4n) is 3.89. The molecule has 1 saturated carbocycles. The topological polar surface area (TPSA) is 3.24 Å². The Kier molecular flexibility index (Phi) is 4.10. The summed E-state index contributed by atoms with van der Waals surface area (Å²) < 4.78 is 15.2. The molecule has 0 bridgehead atoms. The molecule has 3 heteroatoms. The highest BCUT2D eigenvalue weighted by Crippen LogP contribution is 2.57. The lowest BCUT2D eigenvalue weighted by atomic mass is 9.77. The quantitative estimate of drug-likeness (QED) is 0.687. The standard InChI is InChI=1S/C17H23FIN/c1-12(2)20-10-6-13(7-11-20)17(8-9-17)14-4-3-5-15(19)16(14)18/h3-5,12-13H,6-11H2,1-2H3. The highest BCUT2D eigenvalue weighted by molar-refractivity contribution is 14.1. The van der Waals surface area contributed by atoms with Crippen molar-refractivity contribution in [1.82, 2.24) is 4.90 Å². The predicted molar refractivity (Wildman–Crippen MR) is 89.5 cm³/mol. The Hall–Kier alpha value is -0.160. The monoisotopic (exact) mass is 387 g/mol. The van der Waals surface area contributed by atoms with Crippen molar-refractivity contribution in [3.05, 3.63) is 33.1 Å². The number of nitrogens with zero attached hydrogens (tertiary/aromatic N) is 1. The van der Waals surface area contributed by atoms with E-state index in [4.69, 9.17) is 0 Å². The Morgan fingerprint density at radius 1 is 1.25 bits per heavy atom. The molecule has 0 N–H and O–H groups in total. The molecule has 2 fully saturated rings. The summed E-state index contributed by atoms with van der Waals surface area (Å²) in [5.41, 5.74) is 1.15. The molecule has 1 saturated heterocycles. The van der Waals surface area contributed by atoms with Crippen LogP contribution in [-0.2, 0) is 5.41 Å². The number of hydrogen-bond donors (Lipinski definition) is 0. The molecule has 0 aromatic heterocycles. The van der Waals surface area contributed by atoms with Crippen LogP contribution in [0.5, 0.6) is 0 Å². The number of likely N-dealkylation sites (tertiary alicyclic amines) is 1. The minimum Gasteiger partial charge on any atom is -0.301 e. The molecule has 20 heavy (non-hydrogen) atoms. The minimum absolute atomic E-state index is 0.0388. The van der Waals surface area contributed by atoms with Gasteiger partial charge in [0.2, 0.25) is 0 Å². The van der Waals surface area contributed by atoms with Gasteiger partial charge in [-0.15, -0.1) is 0 Å². The normalized spacial score (nSPS) is 23.2. The number of hydrogen-bond acceptors (Lipinski definition) is 1. The van der Waals surface area contributed by atoms with Crippen molar-refractivity contribution in [3.63, 3.8) is 0 Å². The van der Waals surface area contributed by atoms with Gasteiger partial charge in [-0.2, -0.15) is 0 Å². The average molecular weight is 387 g/mol. The van der Waals surface area contributed by atoms with Gasteiger partial charge in [0.05, 0.1) is 0 Å². The average Bonchev–Trinajstić information content (AvgIpc) is 3.23. The summed E-state index contributed by atoms with van der Waals surface area (Å²) in [6.07, 6.45) is 4.80. The van der Waals surface area contributed by atoms with Crippen LogP contribution in [-0.4, -0.2) is 24.0 Å². The van der Waals surface area contributed by atoms with Gasteiger partial charge in [-0.3, -0.25) is 0 Å². The van der Waals surface area contributed by atoms with Crippen LogP contribution in [0.1, 0.15) is 45.1 Å². The van der Waals surface area contributed by atoms with Crippen molar-refractivity contribution in [2.75, 3.05) is 13.1 Å². The van der Waals surface area contributed by atoms with Gasteiger partial charge in [0.25, 0.3) is 0 Å². The maximum Gasteiger partial charge on any atom is 0.140 e. The van der Waals surface area contributed by atoms with Crippen molar-refractivity contribution in [3.8, 4) is 0 Å². The molecule has 0 unspecified atom stereocenters. The molecule has 3 rings (SSSR count). The van der Waals surface area contributed by atoms with Crippen LogP contribution in [0.4, 0.5) is 4.39 Å². The zero-order chi connectivity index (χ0) is 14.3. The minimum atomic E-state index is 0.0388. The second kappa shape index (κ2) is 5.56. The SMILES string of the molecule is CC(C)N1CCC(C2(c3cccc(I)c3F)CC2)CC1. The molecule has 0 spiro atoms. The maximum absolute atomic E-state index is 14.5. The Morgan fingerprint density at radius 3 is 2.45 bits per heavy atom. The number of halogens is 2. The summed E-state index contributed by atoms with van der Waals surface area (Å²) >= 11 is 2.12. The molecular weight excluding hydrogens is 364 g/mol. The molecule has 1 nitrogen and oxygen atoms in total. The van der Waals surface area contributed by atoms with E-state index in [1.807, 2.05) is 18.2 Å². The van der Waals surface area contributed by atoms with E-state index in [-0.39, 0.29) is 11.2 Å². The molecule has 0 radical (unpaired) electrons. The molecule has 0 amide bonds. The molecule has 1 aromatic rings. The fourth-order valence-corrected chi connectivity index (χ4v) is 4.39. The van der Waals surface area contributed by atoms with Crippen LogP contribution in [0.2, 0.25) is 0 Å². The van der Waals surface area contributed by atoms with Crippen molar-refractivity contribution in [2.45, 2.75) is 51.0 Å². The van der Waals surface area contributed by atoms with Crippen molar-refractivity contribution >= 4 is 22.6 Å². The third-order valence-electron chi connectivity index (χ3n) is 5.32. The second-order valence-corrected chi connectivity index (χ2v) is 7.82. The Morgan fingerprint density at radius 2 is 1.90 bits per heavy atom. The lowest BCUT2D eigenvalue weighted by molar-refractivity contribution is 0.131. The zero-order valence-electron chi connectivity index (χ0n) is 12.3. The first kappa shape index (κ1) is 14.8. The second-order valence-electron chi connectivity index (χ2n) is 6.66. The summed E-state index contributed by atoms with van der Waals surface area (Å²) in [5.74, 6) is 0.710. The van der Waals surface area contributed by atoms with Crippen LogP contribution in [0, 0.1) is 15.3 Å². The van der Waals surface area contributed by atoms with Crippen molar-refractivity contribution < 1.29 is 4.39 Å². The molecule has 0 atom stereocenters. The van der Waals surface area contributed by atoms with Gasteiger partial charge >= 0.3 is 0 Å². The van der Waals surface area contributed by atoms with Gasteiger partial charge in [0.15, 0.2) is 0 Å². The Balaban J connectivity index is 1.79. The summed E-state index contributed by atoms with van der Waals surface area (Å²) in [6, 6.07) is 6.56. The van der Waals surface area contributed by atoms with E-state index < -0.39 is 0 Å². The van der Waals surface area contributed by atoms with Crippen molar-refractivity contribution in [1.29, 1.82) is 0 Å². The largest absolute Gasteiger partial charge is 0.301 e. The van der Waals surface area contributed by atoms with Crippen LogP contribution in [0.15, 0.2) is 18.2 Å². The van der Waals surface area contributed by atoms with Crippen molar-refractivity contribution in [2.24, 2.45) is 5.92 Å². The molecule has 1 aliphatic carbocycles. The van der Waals surface area contributed by atoms with Crippen LogP contribution in [0.25, 0.3) is 0 Å². The Bertz CT molecular complexity index is 488. The van der Waals surface area contributed by atoms with Crippen LogP contribution in [0.3, 0.4) is 0 Å². The van der Waals surface area contributed by atoms with E-state index in [0.717, 1.165) is 9.13 Å². The van der Waals surface area contributed by atoms with E-state index in [2.05, 4.69) is 41.3 Å². The van der Waals surface area contributed by atoms with Gasteiger partial charge in [-0.1, -0.05) is 12.1 Å². The first-order chi connectivity index (χ1) is 9.54. The summed E-state index contributed by atoms with van der Waals surface area (Å²) in [6.45, 7) is 6.89. The third kappa shape index (κ3) is 2.52. The number of benzene rings is 1. The highest BCUT2D eigenvalue weighted by atomic mass is 127. The molecule has 110 valence electrons. The van der Waals surface area contributed by atoms with Gasteiger partial charge in [0, 0.05) is 15.0 Å². The molecule has 1 aliphatic heterocycles. The summed E-state index contributed by atoms with van der Waals surface area (Å²) in [4.78, 5) is 2.55. The molecular formula is C17H23FIN.